The molecule has 0 radical (unpaired) electrons. The van der Waals surface area contributed by atoms with Gasteiger partial charge in [0.25, 0.3) is 5.91 Å². The lowest BCUT2D eigenvalue weighted by Crippen LogP contribution is -2.31. The van der Waals surface area contributed by atoms with Crippen molar-refractivity contribution >= 4 is 22.8 Å². The standard InChI is InChI=1S/C26H22FN3O4/c1-2-3-4-13-33-18-8-5-7-16(14-18)22-21-23(31)19-15-17(27)9-10-20(19)34-24(21)25(32)30(22)26-28-11-6-12-29-26/h5-12,14-15,22H,2-4,13H2,1H3. The summed E-state index contributed by atoms with van der Waals surface area (Å²) in [5, 5.41) is 0.0688. The van der Waals surface area contributed by atoms with Crippen LogP contribution in [0.25, 0.3) is 11.0 Å². The van der Waals surface area contributed by atoms with E-state index in [0.717, 1.165) is 25.3 Å². The molecule has 0 fully saturated rings. The van der Waals surface area contributed by atoms with Crippen molar-refractivity contribution < 1.29 is 18.3 Å². The van der Waals surface area contributed by atoms with Crippen LogP contribution in [0, 0.1) is 5.82 Å². The van der Waals surface area contributed by atoms with Gasteiger partial charge in [-0.2, -0.15) is 0 Å². The van der Waals surface area contributed by atoms with Crippen molar-refractivity contribution in [3.05, 3.63) is 93.9 Å². The van der Waals surface area contributed by atoms with E-state index in [-0.39, 0.29) is 28.2 Å². The number of ether oxygens (including phenoxy) is 1. The largest absolute Gasteiger partial charge is 0.494 e. The van der Waals surface area contributed by atoms with Crippen LogP contribution in [0.15, 0.2) is 70.1 Å². The minimum atomic E-state index is -0.854. The number of unbranched alkanes of at least 4 members (excludes halogenated alkanes) is 2. The second kappa shape index (κ2) is 9.05. The maximum absolute atomic E-state index is 13.9. The number of carbonyl (C=O) groups is 1. The summed E-state index contributed by atoms with van der Waals surface area (Å²) in [6.45, 7) is 2.69. The minimum Gasteiger partial charge on any atom is -0.494 e. The van der Waals surface area contributed by atoms with E-state index >= 15 is 0 Å². The third-order valence-electron chi connectivity index (χ3n) is 5.79. The number of amides is 1. The number of rotatable bonds is 7. The quantitative estimate of drug-likeness (QED) is 0.360. The average molecular weight is 459 g/mol. The molecule has 2 aromatic carbocycles. The molecule has 0 saturated carbocycles. The highest BCUT2D eigenvalue weighted by atomic mass is 19.1. The van der Waals surface area contributed by atoms with Gasteiger partial charge in [-0.05, 0) is 48.4 Å². The molecule has 0 spiro atoms. The smallest absolute Gasteiger partial charge is 0.297 e. The van der Waals surface area contributed by atoms with Crippen molar-refractivity contribution in [1.82, 2.24) is 9.97 Å². The maximum atomic E-state index is 13.9. The molecule has 7 nitrogen and oxygen atoms in total. The molecule has 1 atom stereocenters. The lowest BCUT2D eigenvalue weighted by molar-refractivity contribution is 0.0969. The van der Waals surface area contributed by atoms with Gasteiger partial charge in [0, 0.05) is 12.4 Å². The van der Waals surface area contributed by atoms with Gasteiger partial charge in [-0.1, -0.05) is 31.9 Å². The van der Waals surface area contributed by atoms with Gasteiger partial charge in [-0.3, -0.25) is 14.5 Å². The Balaban J connectivity index is 1.67. The number of hydrogen-bond acceptors (Lipinski definition) is 6. The monoisotopic (exact) mass is 459 g/mol. The van der Waals surface area contributed by atoms with Crippen molar-refractivity contribution in [3.63, 3.8) is 0 Å². The first-order valence-electron chi connectivity index (χ1n) is 11.2. The van der Waals surface area contributed by atoms with Crippen molar-refractivity contribution in [1.29, 1.82) is 0 Å². The molecule has 1 amide bonds. The fourth-order valence-electron chi connectivity index (χ4n) is 4.20. The predicted octanol–water partition coefficient (Wildman–Crippen LogP) is 5.04. The van der Waals surface area contributed by atoms with Gasteiger partial charge < -0.3 is 9.15 Å². The number of nitrogens with zero attached hydrogens (tertiary/aromatic N) is 3. The normalized spacial score (nSPS) is 15.1. The Labute approximate surface area is 194 Å². The molecule has 34 heavy (non-hydrogen) atoms. The van der Waals surface area contributed by atoms with Crippen LogP contribution < -0.4 is 15.1 Å². The summed E-state index contributed by atoms with van der Waals surface area (Å²) in [6.07, 6.45) is 6.11. The van der Waals surface area contributed by atoms with E-state index in [4.69, 9.17) is 9.15 Å². The number of halogens is 1. The third-order valence-corrected chi connectivity index (χ3v) is 5.79. The third kappa shape index (κ3) is 3.81. The highest BCUT2D eigenvalue weighted by molar-refractivity contribution is 6.09. The summed E-state index contributed by atoms with van der Waals surface area (Å²) in [5.74, 6) is -0.446. The zero-order valence-electron chi connectivity index (χ0n) is 18.5. The van der Waals surface area contributed by atoms with Gasteiger partial charge in [0.05, 0.1) is 23.6 Å². The zero-order valence-corrected chi connectivity index (χ0v) is 18.5. The van der Waals surface area contributed by atoms with Crippen LogP contribution in [-0.4, -0.2) is 22.5 Å². The van der Waals surface area contributed by atoms with Crippen LogP contribution >= 0.6 is 0 Å². The number of benzene rings is 2. The maximum Gasteiger partial charge on any atom is 0.297 e. The second-order valence-electron chi connectivity index (χ2n) is 8.07. The second-order valence-corrected chi connectivity index (χ2v) is 8.07. The fraction of sp³-hybridized carbons (Fsp3) is 0.231. The van der Waals surface area contributed by atoms with Gasteiger partial charge in [0.2, 0.25) is 11.7 Å². The topological polar surface area (TPSA) is 85.5 Å². The summed E-state index contributed by atoms with van der Waals surface area (Å²) in [5.41, 5.74) is 0.428. The SMILES string of the molecule is CCCCCOc1cccc(C2c3c(oc4ccc(F)cc4c3=O)C(=O)N2c2ncccn2)c1. The summed E-state index contributed by atoms with van der Waals surface area (Å²) < 4.78 is 25.7. The van der Waals surface area contributed by atoms with Crippen molar-refractivity contribution in [3.8, 4) is 5.75 Å². The lowest BCUT2D eigenvalue weighted by atomic mass is 9.98. The summed E-state index contributed by atoms with van der Waals surface area (Å²) in [4.78, 5) is 36.8. The van der Waals surface area contributed by atoms with E-state index in [1.807, 2.05) is 6.07 Å². The van der Waals surface area contributed by atoms with Crippen molar-refractivity contribution in [2.45, 2.75) is 32.2 Å². The van der Waals surface area contributed by atoms with E-state index in [0.29, 0.717) is 17.9 Å². The van der Waals surface area contributed by atoms with Crippen LogP contribution in [-0.2, 0) is 0 Å². The number of carbonyl (C=O) groups excluding carboxylic acids is 1. The molecular formula is C26H22FN3O4. The van der Waals surface area contributed by atoms with E-state index in [9.17, 15) is 14.0 Å². The summed E-state index contributed by atoms with van der Waals surface area (Å²) in [7, 11) is 0. The number of aromatic nitrogens is 2. The summed E-state index contributed by atoms with van der Waals surface area (Å²) >= 11 is 0. The average Bonchev–Trinajstić information content (AvgIpc) is 3.15. The molecule has 2 aromatic heterocycles. The van der Waals surface area contributed by atoms with E-state index in [2.05, 4.69) is 16.9 Å². The van der Waals surface area contributed by atoms with Crippen LogP contribution in [0.4, 0.5) is 10.3 Å². The summed E-state index contributed by atoms with van der Waals surface area (Å²) in [6, 6.07) is 11.7. The predicted molar refractivity (Wildman–Crippen MR) is 125 cm³/mol. The van der Waals surface area contributed by atoms with Crippen molar-refractivity contribution in [2.75, 3.05) is 11.5 Å². The van der Waals surface area contributed by atoms with Crippen molar-refractivity contribution in [2.24, 2.45) is 0 Å². The molecule has 0 N–H and O–H groups in total. The first-order chi connectivity index (χ1) is 16.6. The Kier molecular flexibility index (Phi) is 5.79. The van der Waals surface area contributed by atoms with Crippen LogP contribution in [0.1, 0.15) is 53.9 Å². The Morgan fingerprint density at radius 2 is 1.88 bits per heavy atom. The molecular weight excluding hydrogens is 437 g/mol. The number of anilines is 1. The molecule has 4 aromatic rings. The minimum absolute atomic E-state index is 0.0688. The Morgan fingerprint density at radius 3 is 2.68 bits per heavy atom. The van der Waals surface area contributed by atoms with Gasteiger partial charge in [0.15, 0.2) is 5.43 Å². The number of fused-ring (bicyclic) bond motifs is 2. The van der Waals surface area contributed by atoms with Crippen LogP contribution in [0.5, 0.6) is 5.75 Å². The Morgan fingerprint density at radius 1 is 1.06 bits per heavy atom. The van der Waals surface area contributed by atoms with E-state index < -0.39 is 23.2 Å². The molecule has 0 saturated heterocycles. The first-order valence-corrected chi connectivity index (χ1v) is 11.2. The molecule has 0 bridgehead atoms. The van der Waals surface area contributed by atoms with Crippen LogP contribution in [0.3, 0.4) is 0 Å². The molecule has 1 aliphatic rings. The van der Waals surface area contributed by atoms with Crippen LogP contribution in [0.2, 0.25) is 0 Å². The molecule has 8 heteroatoms. The highest BCUT2D eigenvalue weighted by Crippen LogP contribution is 2.40. The van der Waals surface area contributed by atoms with Gasteiger partial charge in [-0.25, -0.2) is 14.4 Å². The van der Waals surface area contributed by atoms with Gasteiger partial charge >= 0.3 is 0 Å². The zero-order chi connectivity index (χ0) is 23.7. The Bertz CT molecular complexity index is 1420. The molecule has 1 unspecified atom stereocenters. The molecule has 3 heterocycles. The van der Waals surface area contributed by atoms with Gasteiger partial charge in [-0.15, -0.1) is 0 Å². The van der Waals surface area contributed by atoms with Gasteiger partial charge in [0.1, 0.15) is 17.1 Å². The lowest BCUT2D eigenvalue weighted by Gasteiger charge is -2.23. The molecule has 172 valence electrons. The van der Waals surface area contributed by atoms with E-state index in [1.165, 1.54) is 29.4 Å². The molecule has 5 rings (SSSR count). The fourth-order valence-corrected chi connectivity index (χ4v) is 4.20. The highest BCUT2D eigenvalue weighted by Gasteiger charge is 2.45. The first kappa shape index (κ1) is 21.8. The molecule has 1 aliphatic heterocycles. The van der Waals surface area contributed by atoms with E-state index in [1.54, 1.807) is 24.3 Å². The number of hydrogen-bond donors (Lipinski definition) is 0. The Hall–Kier alpha value is -4.07. The molecule has 0 aliphatic carbocycles.